The lowest BCUT2D eigenvalue weighted by Gasteiger charge is -2.23. The fourth-order valence-corrected chi connectivity index (χ4v) is 3.40. The first-order chi connectivity index (χ1) is 11.3. The number of H-pyrrole nitrogens is 1. The van der Waals surface area contributed by atoms with Crippen molar-refractivity contribution >= 4 is 0 Å². The number of ether oxygens (including phenoxy) is 1. The molecule has 2 fully saturated rings. The predicted octanol–water partition coefficient (Wildman–Crippen LogP) is 4.03. The Kier molecular flexibility index (Phi) is 3.90. The third-order valence-corrected chi connectivity index (χ3v) is 4.82. The van der Waals surface area contributed by atoms with Crippen molar-refractivity contribution in [2.24, 2.45) is 0 Å². The van der Waals surface area contributed by atoms with Crippen LogP contribution in [0.4, 0.5) is 0 Å². The van der Waals surface area contributed by atoms with Gasteiger partial charge in [-0.3, -0.25) is 4.79 Å². The second-order valence-electron chi connectivity index (χ2n) is 6.71. The summed E-state index contributed by atoms with van der Waals surface area (Å²) >= 11 is 0. The van der Waals surface area contributed by atoms with Gasteiger partial charge in [0.25, 0.3) is 5.56 Å². The van der Waals surface area contributed by atoms with Crippen molar-refractivity contribution in [2.75, 3.05) is 0 Å². The fraction of sp³-hybridized carbons (Fsp3) is 0.474. The number of rotatable bonds is 4. The number of benzene rings is 1. The lowest BCUT2D eigenvalue weighted by atomic mass is 9.97. The van der Waals surface area contributed by atoms with Crippen LogP contribution in [0.1, 0.15) is 56.6 Å². The highest BCUT2D eigenvalue weighted by Gasteiger charge is 2.28. The number of nitrogens with zero attached hydrogens (tertiary/aromatic N) is 1. The van der Waals surface area contributed by atoms with E-state index in [0.717, 1.165) is 48.3 Å². The van der Waals surface area contributed by atoms with Crippen LogP contribution in [0.15, 0.2) is 35.1 Å². The zero-order chi connectivity index (χ0) is 15.6. The average molecular weight is 310 g/mol. The Bertz CT molecular complexity index is 726. The Morgan fingerprint density at radius 2 is 1.74 bits per heavy atom. The number of nitrogens with one attached hydrogen (secondary N) is 1. The highest BCUT2D eigenvalue weighted by atomic mass is 16.5. The molecule has 0 unspecified atom stereocenters. The molecule has 2 aliphatic carbocycles. The van der Waals surface area contributed by atoms with E-state index in [1.165, 1.54) is 19.3 Å². The van der Waals surface area contributed by atoms with Gasteiger partial charge in [-0.25, -0.2) is 5.10 Å². The molecule has 0 amide bonds. The van der Waals surface area contributed by atoms with E-state index in [-0.39, 0.29) is 5.56 Å². The van der Waals surface area contributed by atoms with Crippen molar-refractivity contribution in [2.45, 2.75) is 57.0 Å². The molecule has 4 nitrogen and oxygen atoms in total. The van der Waals surface area contributed by atoms with Crippen LogP contribution in [-0.2, 0) is 0 Å². The van der Waals surface area contributed by atoms with Crippen molar-refractivity contribution in [3.8, 4) is 16.9 Å². The molecule has 2 aliphatic rings. The van der Waals surface area contributed by atoms with Crippen LogP contribution < -0.4 is 10.3 Å². The molecule has 1 aromatic heterocycles. The van der Waals surface area contributed by atoms with Gasteiger partial charge in [-0.05, 0) is 56.2 Å². The smallest absolute Gasteiger partial charge is 0.264 e. The summed E-state index contributed by atoms with van der Waals surface area (Å²) in [4.78, 5) is 11.6. The van der Waals surface area contributed by atoms with Crippen LogP contribution in [0, 0.1) is 0 Å². The van der Waals surface area contributed by atoms with E-state index in [9.17, 15) is 4.79 Å². The van der Waals surface area contributed by atoms with E-state index in [2.05, 4.69) is 10.2 Å². The Morgan fingerprint density at radius 3 is 2.43 bits per heavy atom. The van der Waals surface area contributed by atoms with Crippen LogP contribution in [0.2, 0.25) is 0 Å². The number of hydrogen-bond acceptors (Lipinski definition) is 3. The number of hydrogen-bond donors (Lipinski definition) is 1. The summed E-state index contributed by atoms with van der Waals surface area (Å²) in [5.74, 6) is 1.42. The zero-order valence-electron chi connectivity index (χ0n) is 13.3. The van der Waals surface area contributed by atoms with Crippen molar-refractivity contribution in [3.63, 3.8) is 0 Å². The van der Waals surface area contributed by atoms with Crippen molar-refractivity contribution in [3.05, 3.63) is 46.4 Å². The topological polar surface area (TPSA) is 55.0 Å². The van der Waals surface area contributed by atoms with Crippen LogP contribution in [0.25, 0.3) is 11.1 Å². The minimum atomic E-state index is -0.146. The van der Waals surface area contributed by atoms with E-state index in [0.29, 0.717) is 12.0 Å². The van der Waals surface area contributed by atoms with Gasteiger partial charge in [-0.1, -0.05) is 18.6 Å². The summed E-state index contributed by atoms with van der Waals surface area (Å²) in [6, 6.07) is 9.78. The fourth-order valence-electron chi connectivity index (χ4n) is 3.40. The lowest BCUT2D eigenvalue weighted by Crippen LogP contribution is -2.19. The summed E-state index contributed by atoms with van der Waals surface area (Å²) in [5.41, 5.74) is 2.87. The SMILES string of the molecule is O=c1cc(-c2ccc(OC3CCCCC3)cc2)c(C2CC2)n[nH]1. The quantitative estimate of drug-likeness (QED) is 0.927. The molecule has 0 aliphatic heterocycles. The summed E-state index contributed by atoms with van der Waals surface area (Å²) in [6.45, 7) is 0. The molecule has 1 heterocycles. The standard InChI is InChI=1S/C19H22N2O2/c22-18-12-17(19(21-20-18)14-6-7-14)13-8-10-16(11-9-13)23-15-4-2-1-3-5-15/h8-12,14-15H,1-7H2,(H,20,22). The maximum atomic E-state index is 11.6. The van der Waals surface area contributed by atoms with Crippen molar-refractivity contribution < 1.29 is 4.74 Å². The molecule has 2 saturated carbocycles. The highest BCUT2D eigenvalue weighted by Crippen LogP contribution is 2.42. The Labute approximate surface area is 135 Å². The maximum absolute atomic E-state index is 11.6. The number of aromatic nitrogens is 2. The van der Waals surface area contributed by atoms with Gasteiger partial charge >= 0.3 is 0 Å². The average Bonchev–Trinajstić information content (AvgIpc) is 3.41. The third-order valence-electron chi connectivity index (χ3n) is 4.82. The molecule has 1 aromatic carbocycles. The van der Waals surface area contributed by atoms with Gasteiger partial charge in [-0.2, -0.15) is 5.10 Å². The lowest BCUT2D eigenvalue weighted by molar-refractivity contribution is 0.155. The molecule has 0 spiro atoms. The van der Waals surface area contributed by atoms with E-state index < -0.39 is 0 Å². The Balaban J connectivity index is 1.56. The van der Waals surface area contributed by atoms with Gasteiger partial charge in [0.2, 0.25) is 0 Å². The van der Waals surface area contributed by atoms with Crippen LogP contribution in [-0.4, -0.2) is 16.3 Å². The Morgan fingerprint density at radius 1 is 1.00 bits per heavy atom. The zero-order valence-corrected chi connectivity index (χ0v) is 13.3. The predicted molar refractivity (Wildman–Crippen MR) is 89.8 cm³/mol. The van der Waals surface area contributed by atoms with Gasteiger partial charge in [0.15, 0.2) is 0 Å². The molecular formula is C19H22N2O2. The molecule has 4 rings (SSSR count). The molecule has 120 valence electrons. The first kappa shape index (κ1) is 14.5. The molecule has 2 aromatic rings. The van der Waals surface area contributed by atoms with E-state index in [1.807, 2.05) is 24.3 Å². The number of aromatic amines is 1. The van der Waals surface area contributed by atoms with E-state index in [1.54, 1.807) is 6.07 Å². The van der Waals surface area contributed by atoms with Gasteiger partial charge in [0, 0.05) is 17.5 Å². The van der Waals surface area contributed by atoms with Gasteiger partial charge in [0.1, 0.15) is 5.75 Å². The summed E-state index contributed by atoms with van der Waals surface area (Å²) in [7, 11) is 0. The van der Waals surface area contributed by atoms with Gasteiger partial charge in [0.05, 0.1) is 11.8 Å². The Hall–Kier alpha value is -2.10. The summed E-state index contributed by atoms with van der Waals surface area (Å²) in [5, 5.41) is 6.83. The van der Waals surface area contributed by atoms with Crippen LogP contribution in [0.3, 0.4) is 0 Å². The molecule has 0 atom stereocenters. The normalized spacial score (nSPS) is 18.8. The summed E-state index contributed by atoms with van der Waals surface area (Å²) in [6.07, 6.45) is 8.87. The monoisotopic (exact) mass is 310 g/mol. The molecule has 4 heteroatoms. The molecule has 0 radical (unpaired) electrons. The second-order valence-corrected chi connectivity index (χ2v) is 6.71. The van der Waals surface area contributed by atoms with Gasteiger partial charge in [-0.15, -0.1) is 0 Å². The third kappa shape index (κ3) is 3.31. The molecular weight excluding hydrogens is 288 g/mol. The van der Waals surface area contributed by atoms with Crippen molar-refractivity contribution in [1.82, 2.24) is 10.2 Å². The minimum Gasteiger partial charge on any atom is -0.490 e. The van der Waals surface area contributed by atoms with Crippen molar-refractivity contribution in [1.29, 1.82) is 0 Å². The van der Waals surface area contributed by atoms with Gasteiger partial charge < -0.3 is 4.74 Å². The van der Waals surface area contributed by atoms with E-state index >= 15 is 0 Å². The first-order valence-corrected chi connectivity index (χ1v) is 8.66. The molecule has 0 bridgehead atoms. The summed E-state index contributed by atoms with van der Waals surface area (Å²) < 4.78 is 6.08. The molecule has 0 saturated heterocycles. The highest BCUT2D eigenvalue weighted by molar-refractivity contribution is 5.67. The minimum absolute atomic E-state index is 0.146. The second kappa shape index (κ2) is 6.19. The molecule has 23 heavy (non-hydrogen) atoms. The largest absolute Gasteiger partial charge is 0.490 e. The first-order valence-electron chi connectivity index (χ1n) is 8.66. The van der Waals surface area contributed by atoms with E-state index in [4.69, 9.17) is 4.74 Å². The van der Waals surface area contributed by atoms with Crippen LogP contribution >= 0.6 is 0 Å². The van der Waals surface area contributed by atoms with Crippen LogP contribution in [0.5, 0.6) is 5.75 Å². The maximum Gasteiger partial charge on any atom is 0.264 e. The molecule has 1 N–H and O–H groups in total.